The Balaban J connectivity index is 1.62. The lowest BCUT2D eigenvalue weighted by Gasteiger charge is -2.34. The van der Waals surface area contributed by atoms with Gasteiger partial charge in [-0.1, -0.05) is 51.0 Å². The van der Waals surface area contributed by atoms with Crippen molar-refractivity contribution in [3.63, 3.8) is 0 Å². The predicted molar refractivity (Wildman–Crippen MR) is 148 cm³/mol. The maximum Gasteiger partial charge on any atom is 0.312 e. The molecule has 0 aliphatic carbocycles. The highest BCUT2D eigenvalue weighted by Gasteiger charge is 2.33. The van der Waals surface area contributed by atoms with Gasteiger partial charge in [0, 0.05) is 38.8 Å². The molecule has 1 saturated heterocycles. The molecule has 0 aromatic heterocycles. The van der Waals surface area contributed by atoms with Gasteiger partial charge >= 0.3 is 11.8 Å². The van der Waals surface area contributed by atoms with E-state index in [1.165, 1.54) is 15.4 Å². The number of rotatable bonds is 15. The maximum absolute atomic E-state index is 13.8. The van der Waals surface area contributed by atoms with Crippen LogP contribution in [0.25, 0.3) is 0 Å². The first-order valence-electron chi connectivity index (χ1n) is 14.0. The summed E-state index contributed by atoms with van der Waals surface area (Å²) in [7, 11) is 0. The molecule has 218 valence electrons. The fraction of sp³-hybridized carbons (Fsp3) is 0.500. The standard InChI is InChI=1S/C30H40F2N4O4/c1-3-5-6-10-35-11-12-36(30(40)29(35)39)20-28(38)34-26(16-23-14-24(31)17-25(32)15-23)27(37)19-33-18-22-9-7-8-21(4-2)13-22/h7-9,13-15,17,26-27,33,37H,3-6,10-12,16,18-20H2,1-2H3,(H,34,38)/t26-,27-/m0/s1. The topological polar surface area (TPSA) is 102 Å². The normalized spacial score (nSPS) is 15.3. The van der Waals surface area contributed by atoms with E-state index >= 15 is 0 Å². The number of benzene rings is 2. The summed E-state index contributed by atoms with van der Waals surface area (Å²) in [5.74, 6) is -3.46. The molecule has 0 unspecified atom stereocenters. The summed E-state index contributed by atoms with van der Waals surface area (Å²) in [5, 5.41) is 16.9. The number of nitrogens with one attached hydrogen (secondary N) is 2. The van der Waals surface area contributed by atoms with Crippen LogP contribution in [0.1, 0.15) is 49.8 Å². The van der Waals surface area contributed by atoms with E-state index in [9.17, 15) is 28.3 Å². The monoisotopic (exact) mass is 558 g/mol. The van der Waals surface area contributed by atoms with Gasteiger partial charge in [-0.05, 0) is 48.1 Å². The Morgan fingerprint density at radius 1 is 0.950 bits per heavy atom. The molecule has 2 atom stereocenters. The Morgan fingerprint density at radius 3 is 2.33 bits per heavy atom. The molecule has 3 amide bonds. The van der Waals surface area contributed by atoms with E-state index < -0.39 is 41.5 Å². The SMILES string of the molecule is CCCCCN1CCN(CC(=O)N[C@@H](Cc2cc(F)cc(F)c2)[C@@H](O)CNCc2cccc(CC)c2)C(=O)C1=O. The highest BCUT2D eigenvalue weighted by Crippen LogP contribution is 2.13. The number of carbonyl (C=O) groups is 3. The molecule has 2 aromatic carbocycles. The average Bonchev–Trinajstić information content (AvgIpc) is 2.91. The Labute approximate surface area is 234 Å². The lowest BCUT2D eigenvalue weighted by atomic mass is 10.0. The third-order valence-corrected chi connectivity index (χ3v) is 7.03. The molecule has 2 aromatic rings. The molecule has 1 aliphatic heterocycles. The van der Waals surface area contributed by atoms with E-state index in [0.717, 1.165) is 49.4 Å². The smallest absolute Gasteiger partial charge is 0.312 e. The lowest BCUT2D eigenvalue weighted by molar-refractivity contribution is -0.157. The molecular weight excluding hydrogens is 518 g/mol. The van der Waals surface area contributed by atoms with E-state index in [2.05, 4.69) is 30.5 Å². The highest BCUT2D eigenvalue weighted by molar-refractivity contribution is 6.35. The van der Waals surface area contributed by atoms with E-state index in [0.29, 0.717) is 19.6 Å². The molecule has 0 saturated carbocycles. The molecule has 8 nitrogen and oxygen atoms in total. The summed E-state index contributed by atoms with van der Waals surface area (Å²) >= 11 is 0. The van der Waals surface area contributed by atoms with Gasteiger partial charge in [0.05, 0.1) is 12.1 Å². The van der Waals surface area contributed by atoms with Crippen molar-refractivity contribution in [3.05, 3.63) is 70.8 Å². The van der Waals surface area contributed by atoms with Crippen LogP contribution in [-0.2, 0) is 33.8 Å². The zero-order valence-electron chi connectivity index (χ0n) is 23.3. The quantitative estimate of drug-likeness (QED) is 0.230. The number of carbonyl (C=O) groups excluding carboxylic acids is 3. The first kappa shape index (κ1) is 31.2. The summed E-state index contributed by atoms with van der Waals surface area (Å²) in [5.41, 5.74) is 2.49. The van der Waals surface area contributed by atoms with Gasteiger partial charge in [-0.25, -0.2) is 8.78 Å². The number of halogens is 2. The number of aliphatic hydroxyl groups is 1. The molecule has 0 bridgehead atoms. The Bertz CT molecular complexity index is 1140. The molecule has 0 spiro atoms. The highest BCUT2D eigenvalue weighted by atomic mass is 19.1. The van der Waals surface area contributed by atoms with Crippen molar-refractivity contribution in [1.82, 2.24) is 20.4 Å². The summed E-state index contributed by atoms with van der Waals surface area (Å²) in [6.07, 6.45) is 2.54. The van der Waals surface area contributed by atoms with Crippen LogP contribution < -0.4 is 10.6 Å². The number of hydrogen-bond donors (Lipinski definition) is 3. The van der Waals surface area contributed by atoms with Crippen molar-refractivity contribution in [3.8, 4) is 0 Å². The van der Waals surface area contributed by atoms with Gasteiger partial charge in [0.1, 0.15) is 18.2 Å². The summed E-state index contributed by atoms with van der Waals surface area (Å²) in [6, 6.07) is 10.2. The number of nitrogens with zero attached hydrogens (tertiary/aromatic N) is 2. The Hall–Kier alpha value is -3.37. The van der Waals surface area contributed by atoms with E-state index in [4.69, 9.17) is 0 Å². The molecule has 40 heavy (non-hydrogen) atoms. The second kappa shape index (κ2) is 15.4. The molecule has 1 heterocycles. The van der Waals surface area contributed by atoms with Crippen molar-refractivity contribution >= 4 is 17.7 Å². The Morgan fingerprint density at radius 2 is 1.62 bits per heavy atom. The van der Waals surface area contributed by atoms with Crippen LogP contribution in [0, 0.1) is 11.6 Å². The third-order valence-electron chi connectivity index (χ3n) is 7.03. The minimum Gasteiger partial charge on any atom is -0.390 e. The first-order valence-corrected chi connectivity index (χ1v) is 14.0. The number of piperazine rings is 1. The van der Waals surface area contributed by atoms with E-state index in [1.54, 1.807) is 0 Å². The second-order valence-electron chi connectivity index (χ2n) is 10.3. The molecule has 1 fully saturated rings. The first-order chi connectivity index (χ1) is 19.2. The fourth-order valence-electron chi connectivity index (χ4n) is 4.79. The number of amides is 3. The second-order valence-corrected chi connectivity index (χ2v) is 10.3. The van der Waals surface area contributed by atoms with Crippen molar-refractivity contribution in [2.24, 2.45) is 0 Å². The predicted octanol–water partition coefficient (Wildman–Crippen LogP) is 2.57. The summed E-state index contributed by atoms with van der Waals surface area (Å²) in [6.45, 7) is 5.43. The molecule has 10 heteroatoms. The molecule has 0 radical (unpaired) electrons. The van der Waals surface area contributed by atoms with Crippen molar-refractivity contribution in [2.45, 2.75) is 64.6 Å². The van der Waals surface area contributed by atoms with Crippen LogP contribution in [0.3, 0.4) is 0 Å². The summed E-state index contributed by atoms with van der Waals surface area (Å²) in [4.78, 5) is 40.8. The minimum absolute atomic E-state index is 0.0350. The molecule has 3 rings (SSSR count). The van der Waals surface area contributed by atoms with Crippen LogP contribution in [0.5, 0.6) is 0 Å². The van der Waals surface area contributed by atoms with Crippen molar-refractivity contribution in [2.75, 3.05) is 32.7 Å². The van der Waals surface area contributed by atoms with Gasteiger partial charge in [0.15, 0.2) is 0 Å². The number of aryl methyl sites for hydroxylation is 1. The van der Waals surface area contributed by atoms with Crippen LogP contribution in [-0.4, -0.2) is 77.5 Å². The zero-order valence-corrected chi connectivity index (χ0v) is 23.3. The van der Waals surface area contributed by atoms with Gasteiger partial charge in [-0.2, -0.15) is 0 Å². The lowest BCUT2D eigenvalue weighted by Crippen LogP contribution is -2.57. The van der Waals surface area contributed by atoms with Crippen LogP contribution in [0.15, 0.2) is 42.5 Å². The fourth-order valence-corrected chi connectivity index (χ4v) is 4.79. The molecule has 3 N–H and O–H groups in total. The zero-order chi connectivity index (χ0) is 29.1. The van der Waals surface area contributed by atoms with Gasteiger partial charge in [0.2, 0.25) is 5.91 Å². The van der Waals surface area contributed by atoms with Crippen LogP contribution >= 0.6 is 0 Å². The molecular formula is C30H40F2N4O4. The Kier molecular flexibility index (Phi) is 12.0. The van der Waals surface area contributed by atoms with Gasteiger partial charge in [-0.15, -0.1) is 0 Å². The van der Waals surface area contributed by atoms with E-state index in [-0.39, 0.29) is 31.6 Å². The average molecular weight is 559 g/mol. The van der Waals surface area contributed by atoms with Crippen LogP contribution in [0.2, 0.25) is 0 Å². The summed E-state index contributed by atoms with van der Waals surface area (Å²) < 4.78 is 27.7. The van der Waals surface area contributed by atoms with E-state index in [1.807, 2.05) is 18.2 Å². The number of unbranched alkanes of at least 4 members (excludes halogenated alkanes) is 2. The van der Waals surface area contributed by atoms with Crippen LogP contribution in [0.4, 0.5) is 8.78 Å². The van der Waals surface area contributed by atoms with Gasteiger partial charge in [-0.3, -0.25) is 14.4 Å². The number of hydrogen-bond acceptors (Lipinski definition) is 5. The minimum atomic E-state index is -1.10. The van der Waals surface area contributed by atoms with Crippen molar-refractivity contribution in [1.29, 1.82) is 0 Å². The maximum atomic E-state index is 13.8. The van der Waals surface area contributed by atoms with Crippen molar-refractivity contribution < 1.29 is 28.3 Å². The van der Waals surface area contributed by atoms with Gasteiger partial charge in [0.25, 0.3) is 0 Å². The third kappa shape index (κ3) is 9.38. The molecule has 1 aliphatic rings. The van der Waals surface area contributed by atoms with Gasteiger partial charge < -0.3 is 25.5 Å². The largest absolute Gasteiger partial charge is 0.390 e. The number of aliphatic hydroxyl groups excluding tert-OH is 1.